The third kappa shape index (κ3) is 3.71. The first-order valence-electron chi connectivity index (χ1n) is 7.00. The van der Waals surface area contributed by atoms with Crippen molar-refractivity contribution in [3.05, 3.63) is 41.0 Å². The second kappa shape index (κ2) is 6.41. The number of anilines is 3. The Hall–Kier alpha value is -1.66. The van der Waals surface area contributed by atoms with E-state index >= 15 is 0 Å². The van der Waals surface area contributed by atoms with Crippen molar-refractivity contribution < 1.29 is 0 Å². The third-order valence-electron chi connectivity index (χ3n) is 3.55. The maximum atomic E-state index is 4.62. The minimum Gasteiger partial charge on any atom is -0.354 e. The number of aromatic nitrogens is 2. The molecule has 1 saturated heterocycles. The average Bonchev–Trinajstić information content (AvgIpc) is 2.48. The number of hydrogen-bond acceptors (Lipinski definition) is 5. The molecule has 110 valence electrons. The number of likely N-dealkylation sites (N-methyl/N-ethyl adjacent to an activating group) is 1. The molecular weight excluding hydrogens is 330 g/mol. The number of rotatable bonds is 3. The van der Waals surface area contributed by atoms with Gasteiger partial charge in [-0.1, -0.05) is 22.0 Å². The molecule has 2 aromatic rings. The van der Waals surface area contributed by atoms with Crippen molar-refractivity contribution in [1.82, 2.24) is 14.9 Å². The molecule has 0 radical (unpaired) electrons. The van der Waals surface area contributed by atoms with E-state index in [1.165, 1.54) is 0 Å². The standard InChI is InChI=1S/C15H18BrN5/c1-20-7-9-21(10-8-20)14-5-6-17-15(19-14)18-13-4-2-3-12(16)11-13/h2-6,11H,7-10H2,1H3,(H,17,18,19). The zero-order chi connectivity index (χ0) is 14.7. The van der Waals surface area contributed by atoms with Crippen LogP contribution in [0, 0.1) is 0 Å². The zero-order valence-electron chi connectivity index (χ0n) is 12.0. The number of piperazine rings is 1. The van der Waals surface area contributed by atoms with Crippen molar-refractivity contribution in [1.29, 1.82) is 0 Å². The van der Waals surface area contributed by atoms with Crippen LogP contribution in [0.2, 0.25) is 0 Å². The van der Waals surface area contributed by atoms with E-state index in [-0.39, 0.29) is 0 Å². The average molecular weight is 348 g/mol. The number of benzene rings is 1. The SMILES string of the molecule is CN1CCN(c2ccnc(Nc3cccc(Br)c3)n2)CC1. The summed E-state index contributed by atoms with van der Waals surface area (Å²) < 4.78 is 1.03. The van der Waals surface area contributed by atoms with Gasteiger partial charge in [-0.25, -0.2) is 4.98 Å². The summed E-state index contributed by atoms with van der Waals surface area (Å²) in [5, 5.41) is 3.24. The Morgan fingerprint density at radius 1 is 1.14 bits per heavy atom. The van der Waals surface area contributed by atoms with Crippen LogP contribution >= 0.6 is 15.9 Å². The Labute approximate surface area is 133 Å². The summed E-state index contributed by atoms with van der Waals surface area (Å²) >= 11 is 3.46. The monoisotopic (exact) mass is 347 g/mol. The van der Waals surface area contributed by atoms with E-state index < -0.39 is 0 Å². The molecule has 1 aromatic carbocycles. The fourth-order valence-electron chi connectivity index (χ4n) is 2.32. The number of hydrogen-bond donors (Lipinski definition) is 1. The Morgan fingerprint density at radius 2 is 1.95 bits per heavy atom. The molecule has 0 atom stereocenters. The molecule has 0 amide bonds. The fourth-order valence-corrected chi connectivity index (χ4v) is 2.72. The molecule has 1 fully saturated rings. The molecule has 0 saturated carbocycles. The van der Waals surface area contributed by atoms with Gasteiger partial charge in [0.2, 0.25) is 5.95 Å². The number of halogens is 1. The van der Waals surface area contributed by atoms with E-state index in [1.54, 1.807) is 6.20 Å². The predicted octanol–water partition coefficient (Wildman–Crippen LogP) is 2.73. The molecule has 2 heterocycles. The van der Waals surface area contributed by atoms with Crippen LogP contribution < -0.4 is 10.2 Å². The highest BCUT2D eigenvalue weighted by Gasteiger charge is 2.15. The minimum atomic E-state index is 0.629. The van der Waals surface area contributed by atoms with Gasteiger partial charge in [0.1, 0.15) is 5.82 Å². The van der Waals surface area contributed by atoms with Crippen LogP contribution in [-0.4, -0.2) is 48.1 Å². The second-order valence-electron chi connectivity index (χ2n) is 5.16. The number of nitrogens with one attached hydrogen (secondary N) is 1. The van der Waals surface area contributed by atoms with Gasteiger partial charge in [0, 0.05) is 42.5 Å². The first-order chi connectivity index (χ1) is 10.2. The lowest BCUT2D eigenvalue weighted by atomic mass is 10.3. The van der Waals surface area contributed by atoms with Crippen molar-refractivity contribution in [2.24, 2.45) is 0 Å². The van der Waals surface area contributed by atoms with Gasteiger partial charge in [-0.15, -0.1) is 0 Å². The number of nitrogens with zero attached hydrogens (tertiary/aromatic N) is 4. The first-order valence-corrected chi connectivity index (χ1v) is 7.79. The molecule has 1 aromatic heterocycles. The van der Waals surface area contributed by atoms with Crippen LogP contribution in [0.1, 0.15) is 0 Å². The van der Waals surface area contributed by atoms with E-state index in [9.17, 15) is 0 Å². The Balaban J connectivity index is 1.74. The van der Waals surface area contributed by atoms with Crippen LogP contribution in [0.4, 0.5) is 17.5 Å². The highest BCUT2D eigenvalue weighted by molar-refractivity contribution is 9.10. The molecule has 3 rings (SSSR count). The highest BCUT2D eigenvalue weighted by Crippen LogP contribution is 2.20. The second-order valence-corrected chi connectivity index (χ2v) is 6.08. The van der Waals surface area contributed by atoms with E-state index in [2.05, 4.69) is 48.1 Å². The molecule has 21 heavy (non-hydrogen) atoms. The van der Waals surface area contributed by atoms with Crippen LogP contribution in [0.25, 0.3) is 0 Å². The molecule has 0 unspecified atom stereocenters. The summed E-state index contributed by atoms with van der Waals surface area (Å²) in [4.78, 5) is 13.5. The van der Waals surface area contributed by atoms with Crippen molar-refractivity contribution in [3.63, 3.8) is 0 Å². The van der Waals surface area contributed by atoms with Gasteiger partial charge in [-0.05, 0) is 31.3 Å². The largest absolute Gasteiger partial charge is 0.354 e. The summed E-state index contributed by atoms with van der Waals surface area (Å²) in [5.41, 5.74) is 0.972. The minimum absolute atomic E-state index is 0.629. The molecule has 1 N–H and O–H groups in total. The summed E-state index contributed by atoms with van der Waals surface area (Å²) in [6.45, 7) is 4.14. The molecule has 0 bridgehead atoms. The lowest BCUT2D eigenvalue weighted by molar-refractivity contribution is 0.312. The fraction of sp³-hybridized carbons (Fsp3) is 0.333. The van der Waals surface area contributed by atoms with Crippen LogP contribution in [0.5, 0.6) is 0 Å². The van der Waals surface area contributed by atoms with Gasteiger partial charge in [0.05, 0.1) is 0 Å². The van der Waals surface area contributed by atoms with Gasteiger partial charge in [0.15, 0.2) is 0 Å². The Bertz CT molecular complexity index is 611. The van der Waals surface area contributed by atoms with Crippen LogP contribution in [-0.2, 0) is 0 Å². The molecule has 5 nitrogen and oxygen atoms in total. The molecule has 1 aliphatic rings. The summed E-state index contributed by atoms with van der Waals surface area (Å²) in [6.07, 6.45) is 1.81. The normalized spacial score (nSPS) is 16.0. The zero-order valence-corrected chi connectivity index (χ0v) is 13.5. The van der Waals surface area contributed by atoms with Gasteiger partial charge >= 0.3 is 0 Å². The van der Waals surface area contributed by atoms with Gasteiger partial charge in [0.25, 0.3) is 0 Å². The smallest absolute Gasteiger partial charge is 0.229 e. The summed E-state index contributed by atoms with van der Waals surface area (Å²) in [7, 11) is 2.15. The quantitative estimate of drug-likeness (QED) is 0.924. The molecule has 6 heteroatoms. The maximum Gasteiger partial charge on any atom is 0.229 e. The summed E-state index contributed by atoms with van der Waals surface area (Å²) in [6, 6.07) is 9.95. The topological polar surface area (TPSA) is 44.3 Å². The lowest BCUT2D eigenvalue weighted by Gasteiger charge is -2.33. The Morgan fingerprint density at radius 3 is 2.71 bits per heavy atom. The molecule has 0 aliphatic carbocycles. The maximum absolute atomic E-state index is 4.62. The van der Waals surface area contributed by atoms with Crippen molar-refractivity contribution >= 4 is 33.4 Å². The van der Waals surface area contributed by atoms with Crippen molar-refractivity contribution in [2.75, 3.05) is 43.4 Å². The van der Waals surface area contributed by atoms with Gasteiger partial charge in [-0.2, -0.15) is 4.98 Å². The van der Waals surface area contributed by atoms with E-state index in [0.717, 1.165) is 42.2 Å². The highest BCUT2D eigenvalue weighted by atomic mass is 79.9. The molecule has 1 aliphatic heterocycles. The van der Waals surface area contributed by atoms with E-state index in [0.29, 0.717) is 5.95 Å². The summed E-state index contributed by atoms with van der Waals surface area (Å²) in [5.74, 6) is 1.61. The van der Waals surface area contributed by atoms with Gasteiger partial charge in [-0.3, -0.25) is 0 Å². The van der Waals surface area contributed by atoms with Gasteiger partial charge < -0.3 is 15.1 Å². The van der Waals surface area contributed by atoms with Crippen molar-refractivity contribution in [3.8, 4) is 0 Å². The molecule has 0 spiro atoms. The van der Waals surface area contributed by atoms with Crippen molar-refractivity contribution in [2.45, 2.75) is 0 Å². The van der Waals surface area contributed by atoms with E-state index in [1.807, 2.05) is 30.3 Å². The van der Waals surface area contributed by atoms with Crippen LogP contribution in [0.15, 0.2) is 41.0 Å². The first kappa shape index (κ1) is 14.3. The Kier molecular flexibility index (Phi) is 4.36. The third-order valence-corrected chi connectivity index (χ3v) is 4.04. The predicted molar refractivity (Wildman–Crippen MR) is 89.2 cm³/mol. The van der Waals surface area contributed by atoms with Crippen LogP contribution in [0.3, 0.4) is 0 Å². The molecular formula is C15H18BrN5. The van der Waals surface area contributed by atoms with E-state index in [4.69, 9.17) is 0 Å². The lowest BCUT2D eigenvalue weighted by Crippen LogP contribution is -2.44.